The Morgan fingerprint density at radius 3 is 2.00 bits per heavy atom. The first-order chi connectivity index (χ1) is 9.63. The minimum absolute atomic E-state index is 0.205. The Kier molecular flexibility index (Phi) is 4.60. The molecule has 0 aliphatic heterocycles. The summed E-state index contributed by atoms with van der Waals surface area (Å²) in [5.74, 6) is 1.83. The van der Waals surface area contributed by atoms with Gasteiger partial charge in [-0.15, -0.1) is 0 Å². The van der Waals surface area contributed by atoms with E-state index < -0.39 is 6.16 Å². The normalized spacial score (nSPS) is 10.2. The van der Waals surface area contributed by atoms with Crippen molar-refractivity contribution in [3.63, 3.8) is 0 Å². The van der Waals surface area contributed by atoms with Gasteiger partial charge in [-0.3, -0.25) is 0 Å². The molecule has 20 heavy (non-hydrogen) atoms. The molecule has 4 nitrogen and oxygen atoms in total. The molecule has 4 heteroatoms. The predicted octanol–water partition coefficient (Wildman–Crippen LogP) is 4.40. The van der Waals surface area contributed by atoms with E-state index >= 15 is 0 Å². The number of hydrogen-bond donors (Lipinski definition) is 0. The first kappa shape index (κ1) is 13.9. The largest absolute Gasteiger partial charge is 0.514 e. The van der Waals surface area contributed by atoms with Crippen LogP contribution in [-0.4, -0.2) is 12.3 Å². The third-order valence-electron chi connectivity index (χ3n) is 2.34. The minimum Gasteiger partial charge on any atom is -0.457 e. The van der Waals surface area contributed by atoms with Crippen molar-refractivity contribution in [1.82, 2.24) is 0 Å². The van der Waals surface area contributed by atoms with Crippen molar-refractivity contribution in [3.8, 4) is 17.2 Å². The molecule has 0 bridgehead atoms. The van der Waals surface area contributed by atoms with Crippen LogP contribution in [0, 0.1) is 0 Å². The van der Waals surface area contributed by atoms with E-state index in [2.05, 4.69) is 0 Å². The molecule has 0 aromatic heterocycles. The van der Waals surface area contributed by atoms with Gasteiger partial charge < -0.3 is 14.2 Å². The molecule has 0 spiro atoms. The van der Waals surface area contributed by atoms with Gasteiger partial charge in [-0.2, -0.15) is 0 Å². The van der Waals surface area contributed by atoms with Crippen molar-refractivity contribution in [2.75, 3.05) is 0 Å². The van der Waals surface area contributed by atoms with Crippen LogP contribution in [-0.2, 0) is 4.74 Å². The van der Waals surface area contributed by atoms with E-state index in [1.54, 1.807) is 38.1 Å². The summed E-state index contributed by atoms with van der Waals surface area (Å²) in [5, 5.41) is 0. The molecule has 2 aromatic carbocycles. The van der Waals surface area contributed by atoms with E-state index in [0.29, 0.717) is 11.5 Å². The summed E-state index contributed by atoms with van der Waals surface area (Å²) in [4.78, 5) is 11.3. The SMILES string of the molecule is CC(C)OC(=O)Oc1ccc(Oc2ccccc2)cc1. The molecule has 0 saturated carbocycles. The standard InChI is InChI=1S/C16H16O4/c1-12(2)18-16(17)20-15-10-8-14(9-11-15)19-13-6-4-3-5-7-13/h3-12H,1-2H3. The van der Waals surface area contributed by atoms with Gasteiger partial charge in [0.05, 0.1) is 6.10 Å². The maximum atomic E-state index is 11.3. The lowest BCUT2D eigenvalue weighted by molar-refractivity contribution is 0.0729. The third kappa shape index (κ3) is 4.31. The molecule has 0 unspecified atom stereocenters. The van der Waals surface area contributed by atoms with Crippen LogP contribution in [0.3, 0.4) is 0 Å². The Bertz CT molecular complexity index is 546. The minimum atomic E-state index is -0.711. The van der Waals surface area contributed by atoms with Crippen molar-refractivity contribution in [2.24, 2.45) is 0 Å². The molecule has 0 heterocycles. The van der Waals surface area contributed by atoms with Crippen LogP contribution in [0.4, 0.5) is 4.79 Å². The second-order valence-corrected chi connectivity index (χ2v) is 4.41. The Hall–Kier alpha value is -2.49. The molecule has 0 amide bonds. The molecular formula is C16H16O4. The van der Waals surface area contributed by atoms with Gasteiger partial charge in [-0.1, -0.05) is 18.2 Å². The summed E-state index contributed by atoms with van der Waals surface area (Å²) in [6.07, 6.45) is -0.917. The van der Waals surface area contributed by atoms with Gasteiger partial charge >= 0.3 is 6.16 Å². The van der Waals surface area contributed by atoms with Gasteiger partial charge in [0, 0.05) is 0 Å². The van der Waals surface area contributed by atoms with Gasteiger partial charge in [0.25, 0.3) is 0 Å². The lowest BCUT2D eigenvalue weighted by Crippen LogP contribution is -2.15. The van der Waals surface area contributed by atoms with Crippen molar-refractivity contribution in [1.29, 1.82) is 0 Å². The highest BCUT2D eigenvalue weighted by Gasteiger charge is 2.08. The lowest BCUT2D eigenvalue weighted by atomic mass is 10.3. The number of para-hydroxylation sites is 1. The monoisotopic (exact) mass is 272 g/mol. The van der Waals surface area contributed by atoms with Gasteiger partial charge in [-0.25, -0.2) is 4.79 Å². The number of benzene rings is 2. The predicted molar refractivity (Wildman–Crippen MR) is 75.2 cm³/mol. The zero-order valence-corrected chi connectivity index (χ0v) is 11.4. The van der Waals surface area contributed by atoms with E-state index in [-0.39, 0.29) is 6.10 Å². The van der Waals surface area contributed by atoms with E-state index in [1.165, 1.54) is 0 Å². The van der Waals surface area contributed by atoms with E-state index in [0.717, 1.165) is 5.75 Å². The second kappa shape index (κ2) is 6.61. The smallest absolute Gasteiger partial charge is 0.457 e. The topological polar surface area (TPSA) is 44.8 Å². The van der Waals surface area contributed by atoms with Crippen LogP contribution in [0.25, 0.3) is 0 Å². The molecular weight excluding hydrogens is 256 g/mol. The summed E-state index contributed by atoms with van der Waals surface area (Å²) in [6, 6.07) is 16.2. The van der Waals surface area contributed by atoms with Gasteiger partial charge in [-0.05, 0) is 50.2 Å². The van der Waals surface area contributed by atoms with Crippen molar-refractivity contribution in [3.05, 3.63) is 54.6 Å². The average molecular weight is 272 g/mol. The number of carbonyl (C=O) groups excluding carboxylic acids is 1. The van der Waals surface area contributed by atoms with Crippen molar-refractivity contribution < 1.29 is 19.0 Å². The van der Waals surface area contributed by atoms with E-state index in [4.69, 9.17) is 14.2 Å². The molecule has 0 N–H and O–H groups in total. The average Bonchev–Trinajstić information content (AvgIpc) is 2.41. The molecule has 2 rings (SSSR count). The fourth-order valence-electron chi connectivity index (χ4n) is 1.51. The molecule has 104 valence electrons. The van der Waals surface area contributed by atoms with Crippen molar-refractivity contribution in [2.45, 2.75) is 20.0 Å². The van der Waals surface area contributed by atoms with Crippen molar-refractivity contribution >= 4 is 6.16 Å². The third-order valence-corrected chi connectivity index (χ3v) is 2.34. The van der Waals surface area contributed by atoms with Crippen LogP contribution in [0.1, 0.15) is 13.8 Å². The second-order valence-electron chi connectivity index (χ2n) is 4.41. The maximum absolute atomic E-state index is 11.3. The zero-order valence-electron chi connectivity index (χ0n) is 11.4. The molecule has 0 saturated heterocycles. The number of carbonyl (C=O) groups is 1. The van der Waals surface area contributed by atoms with Crippen LogP contribution in [0.15, 0.2) is 54.6 Å². The van der Waals surface area contributed by atoms with Crippen LogP contribution in [0.5, 0.6) is 17.2 Å². The number of rotatable bonds is 4. The lowest BCUT2D eigenvalue weighted by Gasteiger charge is -2.09. The quantitative estimate of drug-likeness (QED) is 0.611. The Morgan fingerprint density at radius 2 is 1.40 bits per heavy atom. The summed E-state index contributed by atoms with van der Waals surface area (Å²) in [7, 11) is 0. The van der Waals surface area contributed by atoms with Crippen LogP contribution >= 0.6 is 0 Å². The summed E-state index contributed by atoms with van der Waals surface area (Å²) in [6.45, 7) is 3.52. The summed E-state index contributed by atoms with van der Waals surface area (Å²) in [5.41, 5.74) is 0. The highest BCUT2D eigenvalue weighted by molar-refractivity contribution is 5.64. The molecule has 0 radical (unpaired) electrons. The van der Waals surface area contributed by atoms with Gasteiger partial charge in [0.15, 0.2) is 0 Å². The van der Waals surface area contributed by atoms with Crippen LogP contribution < -0.4 is 9.47 Å². The Balaban J connectivity index is 1.94. The van der Waals surface area contributed by atoms with Gasteiger partial charge in [0.1, 0.15) is 17.2 Å². The zero-order chi connectivity index (χ0) is 14.4. The van der Waals surface area contributed by atoms with E-state index in [1.807, 2.05) is 30.3 Å². The first-order valence-corrected chi connectivity index (χ1v) is 6.35. The van der Waals surface area contributed by atoms with Crippen LogP contribution in [0.2, 0.25) is 0 Å². The Labute approximate surface area is 117 Å². The molecule has 2 aromatic rings. The molecule has 0 fully saturated rings. The van der Waals surface area contributed by atoms with Gasteiger partial charge in [0.2, 0.25) is 0 Å². The fraction of sp³-hybridized carbons (Fsp3) is 0.188. The fourth-order valence-corrected chi connectivity index (χ4v) is 1.51. The first-order valence-electron chi connectivity index (χ1n) is 6.35. The number of ether oxygens (including phenoxy) is 3. The molecule has 0 atom stereocenters. The number of hydrogen-bond acceptors (Lipinski definition) is 4. The summed E-state index contributed by atoms with van der Waals surface area (Å²) >= 11 is 0. The highest BCUT2D eigenvalue weighted by atomic mass is 16.7. The maximum Gasteiger partial charge on any atom is 0.514 e. The molecule has 0 aliphatic carbocycles. The highest BCUT2D eigenvalue weighted by Crippen LogP contribution is 2.23. The van der Waals surface area contributed by atoms with E-state index in [9.17, 15) is 4.79 Å². The summed E-state index contributed by atoms with van der Waals surface area (Å²) < 4.78 is 15.5. The molecule has 0 aliphatic rings. The Morgan fingerprint density at radius 1 is 0.850 bits per heavy atom.